The number of anilines is 1. The Kier molecular flexibility index (Phi) is 6.36. The fraction of sp³-hybridized carbons (Fsp3) is 0.417. The molecule has 33 heavy (non-hydrogen) atoms. The van der Waals surface area contributed by atoms with Crippen molar-refractivity contribution in [2.24, 2.45) is 0 Å². The van der Waals surface area contributed by atoms with E-state index in [1.165, 1.54) is 0 Å². The molecule has 0 atom stereocenters. The summed E-state index contributed by atoms with van der Waals surface area (Å²) in [5.41, 5.74) is 2.28. The summed E-state index contributed by atoms with van der Waals surface area (Å²) in [5.74, 6) is 0.495. The van der Waals surface area contributed by atoms with Crippen LogP contribution in [0.25, 0.3) is 17.5 Å². The summed E-state index contributed by atoms with van der Waals surface area (Å²) in [7, 11) is -1.82. The Morgan fingerprint density at radius 1 is 1.12 bits per heavy atom. The lowest BCUT2D eigenvalue weighted by Crippen LogP contribution is -2.42. The molecule has 0 bridgehead atoms. The molecule has 174 valence electrons. The van der Waals surface area contributed by atoms with E-state index in [1.807, 2.05) is 41.3 Å². The molecular weight excluding hydrogens is 432 g/mol. The molecule has 1 saturated heterocycles. The van der Waals surface area contributed by atoms with Crippen LogP contribution in [0.3, 0.4) is 0 Å². The van der Waals surface area contributed by atoms with E-state index in [0.29, 0.717) is 12.4 Å². The van der Waals surface area contributed by atoms with Crippen molar-refractivity contribution in [2.75, 3.05) is 24.6 Å². The van der Waals surface area contributed by atoms with Crippen molar-refractivity contribution in [3.05, 3.63) is 65.0 Å². The van der Waals surface area contributed by atoms with Crippen molar-refractivity contribution in [3.63, 3.8) is 0 Å². The predicted octanol–water partition coefficient (Wildman–Crippen LogP) is 4.06. The fourth-order valence-electron chi connectivity index (χ4n) is 3.26. The van der Waals surface area contributed by atoms with Crippen LogP contribution in [-0.4, -0.2) is 52.6 Å². The van der Waals surface area contributed by atoms with Gasteiger partial charge in [-0.3, -0.25) is 9.36 Å². The summed E-state index contributed by atoms with van der Waals surface area (Å²) < 4.78 is 9.59. The van der Waals surface area contributed by atoms with Crippen molar-refractivity contribution in [3.8, 4) is 11.4 Å². The zero-order chi connectivity index (χ0) is 23.6. The highest BCUT2D eigenvalue weighted by atomic mass is 28.4. The number of aromatic nitrogens is 5. The van der Waals surface area contributed by atoms with Gasteiger partial charge < -0.3 is 9.33 Å². The highest BCUT2D eigenvalue weighted by Gasteiger charge is 2.36. The largest absolute Gasteiger partial charge is 0.413 e. The van der Waals surface area contributed by atoms with Crippen LogP contribution in [0.5, 0.6) is 0 Å². The quantitative estimate of drug-likeness (QED) is 0.491. The minimum absolute atomic E-state index is 0.113. The van der Waals surface area contributed by atoms with Gasteiger partial charge in [-0.25, -0.2) is 9.67 Å². The van der Waals surface area contributed by atoms with E-state index in [0.717, 1.165) is 36.6 Å². The van der Waals surface area contributed by atoms with Crippen LogP contribution < -0.4 is 10.5 Å². The fourth-order valence-corrected chi connectivity index (χ4v) is 4.20. The van der Waals surface area contributed by atoms with Gasteiger partial charge in [-0.1, -0.05) is 32.1 Å². The lowest BCUT2D eigenvalue weighted by atomic mass is 10.2. The number of hydrogen-bond acceptors (Lipinski definition) is 6. The first-order valence-corrected chi connectivity index (χ1v) is 14.2. The maximum atomic E-state index is 13.2. The Hall–Kier alpha value is -3.04. The molecule has 1 fully saturated rings. The summed E-state index contributed by atoms with van der Waals surface area (Å²) in [6.45, 7) is 13.4. The van der Waals surface area contributed by atoms with Crippen LogP contribution >= 0.6 is 0 Å². The molecule has 0 saturated carbocycles. The maximum Gasteiger partial charge on any atom is 0.298 e. The molecule has 0 radical (unpaired) electrons. The molecule has 3 heterocycles. The number of benzene rings is 1. The Morgan fingerprint density at radius 3 is 2.39 bits per heavy atom. The van der Waals surface area contributed by atoms with Gasteiger partial charge in [0.1, 0.15) is 0 Å². The van der Waals surface area contributed by atoms with Crippen LogP contribution in [0.15, 0.2) is 53.7 Å². The van der Waals surface area contributed by atoms with E-state index in [2.05, 4.69) is 49.2 Å². The van der Waals surface area contributed by atoms with Crippen molar-refractivity contribution in [1.29, 1.82) is 0 Å². The van der Waals surface area contributed by atoms with Crippen molar-refractivity contribution >= 4 is 20.2 Å². The van der Waals surface area contributed by atoms with Crippen molar-refractivity contribution in [2.45, 2.75) is 45.3 Å². The van der Waals surface area contributed by atoms with E-state index in [4.69, 9.17) is 4.43 Å². The molecule has 0 N–H and O–H groups in total. The van der Waals surface area contributed by atoms with Crippen LogP contribution in [-0.2, 0) is 4.43 Å². The lowest BCUT2D eigenvalue weighted by Gasteiger charge is -2.35. The minimum atomic E-state index is -1.82. The van der Waals surface area contributed by atoms with Crippen LogP contribution in [0.2, 0.25) is 18.1 Å². The monoisotopic (exact) mass is 464 g/mol. The van der Waals surface area contributed by atoms with Gasteiger partial charge in [0.25, 0.3) is 5.56 Å². The highest BCUT2D eigenvalue weighted by Crippen LogP contribution is 2.36. The second-order valence-electron chi connectivity index (χ2n) is 9.84. The molecule has 9 heteroatoms. The first-order valence-electron chi connectivity index (χ1n) is 11.3. The molecule has 2 aromatic heterocycles. The third-order valence-corrected chi connectivity index (χ3v) is 11.0. The molecule has 1 aliphatic heterocycles. The van der Waals surface area contributed by atoms with Gasteiger partial charge in [0.2, 0.25) is 0 Å². The van der Waals surface area contributed by atoms with Gasteiger partial charge in [-0.05, 0) is 54.9 Å². The first-order chi connectivity index (χ1) is 15.7. The van der Waals surface area contributed by atoms with Crippen molar-refractivity contribution < 1.29 is 4.43 Å². The zero-order valence-corrected chi connectivity index (χ0v) is 21.0. The van der Waals surface area contributed by atoms with Gasteiger partial charge in [-0.2, -0.15) is 0 Å². The van der Waals surface area contributed by atoms with E-state index in [-0.39, 0.29) is 10.6 Å². The zero-order valence-electron chi connectivity index (χ0n) is 20.0. The number of rotatable bonds is 7. The molecule has 0 spiro atoms. The van der Waals surface area contributed by atoms with Crippen molar-refractivity contribution in [1.82, 2.24) is 24.5 Å². The average Bonchev–Trinajstić information content (AvgIpc) is 3.26. The summed E-state index contributed by atoms with van der Waals surface area (Å²) in [4.78, 5) is 19.9. The Labute approximate surface area is 195 Å². The first kappa shape index (κ1) is 23.1. The van der Waals surface area contributed by atoms with E-state index >= 15 is 0 Å². The minimum Gasteiger partial charge on any atom is -0.413 e. The van der Waals surface area contributed by atoms with Gasteiger partial charge in [0.05, 0.1) is 30.4 Å². The summed E-state index contributed by atoms with van der Waals surface area (Å²) >= 11 is 0. The molecule has 3 aromatic rings. The van der Waals surface area contributed by atoms with Gasteiger partial charge >= 0.3 is 0 Å². The summed E-state index contributed by atoms with van der Waals surface area (Å²) in [5, 5.41) is 8.02. The molecule has 0 amide bonds. The van der Waals surface area contributed by atoms with Crippen LogP contribution in [0.4, 0.5) is 5.82 Å². The SMILES string of the molecule is CC(C)(C)[Si](C)(C)OC/C=C/c1cn(-c2ccc(-n3ccnn3)cc2)c(=O)c(N2CCC2)n1. The van der Waals surface area contributed by atoms with Crippen LogP contribution in [0.1, 0.15) is 32.9 Å². The third-order valence-electron chi connectivity index (χ3n) is 6.51. The second-order valence-corrected chi connectivity index (χ2v) is 14.7. The predicted molar refractivity (Wildman–Crippen MR) is 134 cm³/mol. The molecular formula is C24H32N6O2Si. The van der Waals surface area contributed by atoms with E-state index in [9.17, 15) is 4.79 Å². The van der Waals surface area contributed by atoms with E-state index < -0.39 is 8.32 Å². The van der Waals surface area contributed by atoms with Gasteiger partial charge in [0, 0.05) is 25.0 Å². The summed E-state index contributed by atoms with van der Waals surface area (Å²) in [6, 6.07) is 7.66. The Balaban J connectivity index is 1.61. The van der Waals surface area contributed by atoms with Gasteiger partial charge in [0.15, 0.2) is 14.1 Å². The number of hydrogen-bond donors (Lipinski definition) is 0. The number of nitrogens with zero attached hydrogens (tertiary/aromatic N) is 6. The lowest BCUT2D eigenvalue weighted by molar-refractivity contribution is 0.328. The molecule has 8 nitrogen and oxygen atoms in total. The molecule has 1 aliphatic rings. The molecule has 4 rings (SSSR count). The van der Waals surface area contributed by atoms with Crippen LogP contribution in [0, 0.1) is 0 Å². The summed E-state index contributed by atoms with van der Waals surface area (Å²) in [6.07, 6.45) is 10.2. The standard InChI is InChI=1S/C24H32N6O2Si/c1-24(2,3)33(4,5)32-17-6-8-19-18-29(23(31)22(26-19)28-14-7-15-28)20-9-11-21(12-10-20)30-16-13-25-27-30/h6,8-13,16,18H,7,14-15,17H2,1-5H3/b8-6+. The maximum absolute atomic E-state index is 13.2. The highest BCUT2D eigenvalue weighted by molar-refractivity contribution is 6.74. The second kappa shape index (κ2) is 9.07. The Morgan fingerprint density at radius 2 is 1.82 bits per heavy atom. The third kappa shape index (κ3) is 4.99. The van der Waals surface area contributed by atoms with E-state index in [1.54, 1.807) is 27.8 Å². The molecule has 0 unspecified atom stereocenters. The topological polar surface area (TPSA) is 78.1 Å². The smallest absolute Gasteiger partial charge is 0.298 e. The molecule has 0 aliphatic carbocycles. The Bertz CT molecular complexity index is 1170. The van der Waals surface area contributed by atoms with Gasteiger partial charge in [-0.15, -0.1) is 5.10 Å². The average molecular weight is 465 g/mol. The normalized spacial score (nSPS) is 14.6. The molecule has 1 aromatic carbocycles.